The molecular formula is C14H15BrN2O4S3. The molecule has 0 saturated carbocycles. The molecule has 0 N–H and O–H groups in total. The third kappa shape index (κ3) is 3.44. The average molecular weight is 451 g/mol. The highest BCUT2D eigenvalue weighted by molar-refractivity contribution is 9.11. The normalized spacial score (nSPS) is 17.9. The Balaban J connectivity index is 1.74. The maximum atomic E-state index is 12.6. The molecule has 0 amide bonds. The summed E-state index contributed by atoms with van der Waals surface area (Å²) >= 11 is 4.40. The van der Waals surface area contributed by atoms with E-state index < -0.39 is 20.0 Å². The van der Waals surface area contributed by atoms with Crippen molar-refractivity contribution in [2.45, 2.75) is 9.10 Å². The molecule has 6 nitrogen and oxygen atoms in total. The minimum atomic E-state index is -3.58. The highest BCUT2D eigenvalue weighted by Gasteiger charge is 2.34. The fourth-order valence-electron chi connectivity index (χ4n) is 2.46. The first-order valence-electron chi connectivity index (χ1n) is 7.12. The van der Waals surface area contributed by atoms with Crippen LogP contribution in [-0.4, -0.2) is 51.6 Å². The zero-order valence-corrected chi connectivity index (χ0v) is 16.5. The quantitative estimate of drug-likeness (QED) is 0.715. The minimum Gasteiger partial charge on any atom is -0.207 e. The van der Waals surface area contributed by atoms with Gasteiger partial charge in [0, 0.05) is 26.2 Å². The zero-order valence-electron chi connectivity index (χ0n) is 12.5. The molecule has 1 aromatic heterocycles. The summed E-state index contributed by atoms with van der Waals surface area (Å²) in [6.45, 7) is 0.569. The van der Waals surface area contributed by atoms with Crippen molar-refractivity contribution in [2.24, 2.45) is 0 Å². The van der Waals surface area contributed by atoms with Crippen molar-refractivity contribution in [3.63, 3.8) is 0 Å². The summed E-state index contributed by atoms with van der Waals surface area (Å²) < 4.78 is 54.0. The summed E-state index contributed by atoms with van der Waals surface area (Å²) in [5.41, 5.74) is 0. The van der Waals surface area contributed by atoms with Crippen molar-refractivity contribution in [2.75, 3.05) is 26.2 Å². The van der Waals surface area contributed by atoms with E-state index in [0.717, 1.165) is 15.1 Å². The van der Waals surface area contributed by atoms with Gasteiger partial charge in [0.2, 0.25) is 10.0 Å². The van der Waals surface area contributed by atoms with Gasteiger partial charge in [-0.25, -0.2) is 16.8 Å². The highest BCUT2D eigenvalue weighted by Crippen LogP contribution is 2.29. The Morgan fingerprint density at radius 2 is 1.33 bits per heavy atom. The van der Waals surface area contributed by atoms with Crippen molar-refractivity contribution in [3.8, 4) is 0 Å². The zero-order chi connectivity index (χ0) is 17.4. The van der Waals surface area contributed by atoms with Crippen LogP contribution in [0.3, 0.4) is 0 Å². The average Bonchev–Trinajstić information content (AvgIpc) is 3.03. The molecule has 1 aliphatic rings. The van der Waals surface area contributed by atoms with Crippen molar-refractivity contribution in [1.82, 2.24) is 8.61 Å². The van der Waals surface area contributed by atoms with Gasteiger partial charge in [-0.1, -0.05) is 18.2 Å². The topological polar surface area (TPSA) is 74.8 Å². The van der Waals surface area contributed by atoms with Crippen LogP contribution in [0.15, 0.2) is 55.4 Å². The maximum Gasteiger partial charge on any atom is 0.252 e. The van der Waals surface area contributed by atoms with Gasteiger partial charge in [0.05, 0.1) is 8.68 Å². The predicted octanol–water partition coefficient (Wildman–Crippen LogP) is 2.21. The van der Waals surface area contributed by atoms with E-state index in [1.54, 1.807) is 42.5 Å². The number of sulfonamides is 2. The van der Waals surface area contributed by atoms with E-state index in [0.29, 0.717) is 0 Å². The van der Waals surface area contributed by atoms with Gasteiger partial charge in [0.15, 0.2) is 0 Å². The summed E-state index contributed by atoms with van der Waals surface area (Å²) in [7, 11) is -7.16. The summed E-state index contributed by atoms with van der Waals surface area (Å²) in [5.74, 6) is 0. The third-order valence-electron chi connectivity index (χ3n) is 3.72. The summed E-state index contributed by atoms with van der Waals surface area (Å²) in [6, 6.07) is 11.4. The molecule has 1 fully saturated rings. The first kappa shape index (κ1) is 18.0. The molecule has 0 aliphatic carbocycles. The molecule has 10 heteroatoms. The van der Waals surface area contributed by atoms with Crippen LogP contribution >= 0.6 is 27.3 Å². The largest absolute Gasteiger partial charge is 0.252 e. The van der Waals surface area contributed by atoms with Gasteiger partial charge in [-0.05, 0) is 40.2 Å². The fourth-order valence-corrected chi connectivity index (χ4v) is 7.49. The molecule has 1 aliphatic heterocycles. The number of hydrogen-bond acceptors (Lipinski definition) is 5. The monoisotopic (exact) mass is 450 g/mol. The van der Waals surface area contributed by atoms with E-state index in [9.17, 15) is 16.8 Å². The molecular weight excluding hydrogens is 436 g/mol. The number of piperazine rings is 1. The van der Waals surface area contributed by atoms with E-state index in [2.05, 4.69) is 15.9 Å². The lowest BCUT2D eigenvalue weighted by molar-refractivity contribution is 0.273. The molecule has 1 saturated heterocycles. The van der Waals surface area contributed by atoms with E-state index in [1.807, 2.05) is 0 Å². The summed E-state index contributed by atoms with van der Waals surface area (Å²) in [6.07, 6.45) is 0. The van der Waals surface area contributed by atoms with Crippen LogP contribution < -0.4 is 0 Å². The van der Waals surface area contributed by atoms with Crippen LogP contribution in [0.1, 0.15) is 0 Å². The number of benzene rings is 1. The molecule has 0 atom stereocenters. The molecule has 0 radical (unpaired) electrons. The molecule has 0 spiro atoms. The van der Waals surface area contributed by atoms with Crippen LogP contribution in [0.5, 0.6) is 0 Å². The Labute approximate surface area is 153 Å². The Bertz CT molecular complexity index is 918. The SMILES string of the molecule is O=S(=O)(c1ccccc1)N1CCN(S(=O)(=O)c2ccc(Br)s2)CC1. The third-order valence-corrected chi connectivity index (χ3v) is 9.62. The summed E-state index contributed by atoms with van der Waals surface area (Å²) in [4.78, 5) is 0.225. The molecule has 1 aromatic carbocycles. The van der Waals surface area contributed by atoms with Crippen LogP contribution in [0.4, 0.5) is 0 Å². The van der Waals surface area contributed by atoms with E-state index >= 15 is 0 Å². The second-order valence-electron chi connectivity index (χ2n) is 5.18. The van der Waals surface area contributed by atoms with Gasteiger partial charge in [-0.2, -0.15) is 8.61 Å². The van der Waals surface area contributed by atoms with Crippen molar-refractivity contribution in [3.05, 3.63) is 46.3 Å². The van der Waals surface area contributed by atoms with Crippen LogP contribution in [0.25, 0.3) is 0 Å². The van der Waals surface area contributed by atoms with Gasteiger partial charge < -0.3 is 0 Å². The number of rotatable bonds is 4. The standard InChI is InChI=1S/C14H15BrN2O4S3/c15-13-6-7-14(22-13)24(20,21)17-10-8-16(9-11-17)23(18,19)12-4-2-1-3-5-12/h1-7H,8-11H2. The molecule has 24 heavy (non-hydrogen) atoms. The van der Waals surface area contributed by atoms with Crippen LogP contribution in [0.2, 0.25) is 0 Å². The van der Waals surface area contributed by atoms with E-state index in [4.69, 9.17) is 0 Å². The van der Waals surface area contributed by atoms with Gasteiger partial charge in [0.1, 0.15) is 4.21 Å². The summed E-state index contributed by atoms with van der Waals surface area (Å²) in [5, 5.41) is 0. The lowest BCUT2D eigenvalue weighted by atomic mass is 10.4. The second kappa shape index (κ2) is 6.85. The Kier molecular flexibility index (Phi) is 5.14. The van der Waals surface area contributed by atoms with Crippen LogP contribution in [0, 0.1) is 0 Å². The lowest BCUT2D eigenvalue weighted by Gasteiger charge is -2.32. The maximum absolute atomic E-state index is 12.6. The van der Waals surface area contributed by atoms with E-state index in [1.165, 1.54) is 8.61 Å². The Morgan fingerprint density at radius 1 is 0.792 bits per heavy atom. The van der Waals surface area contributed by atoms with Gasteiger partial charge in [-0.3, -0.25) is 0 Å². The smallest absolute Gasteiger partial charge is 0.207 e. The lowest BCUT2D eigenvalue weighted by Crippen LogP contribution is -2.50. The van der Waals surface area contributed by atoms with Gasteiger partial charge in [-0.15, -0.1) is 11.3 Å². The van der Waals surface area contributed by atoms with Gasteiger partial charge in [0.25, 0.3) is 10.0 Å². The second-order valence-corrected chi connectivity index (χ2v) is 11.7. The molecule has 0 unspecified atom stereocenters. The molecule has 2 heterocycles. The molecule has 0 bridgehead atoms. The van der Waals surface area contributed by atoms with E-state index in [-0.39, 0.29) is 35.3 Å². The number of thiophene rings is 1. The number of hydrogen-bond donors (Lipinski definition) is 0. The Hall–Kier alpha value is -0.780. The highest BCUT2D eigenvalue weighted by atomic mass is 79.9. The number of nitrogens with zero attached hydrogens (tertiary/aromatic N) is 2. The van der Waals surface area contributed by atoms with Crippen molar-refractivity contribution < 1.29 is 16.8 Å². The van der Waals surface area contributed by atoms with Gasteiger partial charge >= 0.3 is 0 Å². The fraction of sp³-hybridized carbons (Fsp3) is 0.286. The predicted molar refractivity (Wildman–Crippen MR) is 96.0 cm³/mol. The number of halogens is 1. The van der Waals surface area contributed by atoms with Crippen molar-refractivity contribution in [1.29, 1.82) is 0 Å². The minimum absolute atomic E-state index is 0.142. The molecule has 3 rings (SSSR count). The Morgan fingerprint density at radius 3 is 1.83 bits per heavy atom. The van der Waals surface area contributed by atoms with Crippen molar-refractivity contribution >= 4 is 47.3 Å². The first-order chi connectivity index (χ1) is 11.3. The van der Waals surface area contributed by atoms with Crippen LogP contribution in [-0.2, 0) is 20.0 Å². The first-order valence-corrected chi connectivity index (χ1v) is 11.6. The molecule has 130 valence electrons. The molecule has 2 aromatic rings.